The van der Waals surface area contributed by atoms with Gasteiger partial charge >= 0.3 is 0 Å². The molecular weight excluding hydrogens is 190 g/mol. The minimum atomic E-state index is -0.817. The predicted molar refractivity (Wildman–Crippen MR) is 61.6 cm³/mol. The van der Waals surface area contributed by atoms with Crippen LogP contribution in [0.4, 0.5) is 0 Å². The van der Waals surface area contributed by atoms with Gasteiger partial charge in [-0.25, -0.2) is 0 Å². The zero-order valence-electron chi connectivity index (χ0n) is 10.0. The molecule has 0 fully saturated rings. The van der Waals surface area contributed by atoms with E-state index in [0.29, 0.717) is 12.5 Å². The van der Waals surface area contributed by atoms with Crippen LogP contribution < -0.4 is 5.32 Å². The van der Waals surface area contributed by atoms with Crippen molar-refractivity contribution in [2.75, 3.05) is 13.2 Å². The van der Waals surface area contributed by atoms with Crippen LogP contribution in [-0.4, -0.2) is 29.9 Å². The van der Waals surface area contributed by atoms with Gasteiger partial charge in [0.1, 0.15) is 11.4 Å². The Morgan fingerprint density at radius 1 is 1.60 bits per heavy atom. The van der Waals surface area contributed by atoms with Gasteiger partial charge in [0.15, 0.2) is 0 Å². The van der Waals surface area contributed by atoms with E-state index < -0.39 is 5.60 Å². The van der Waals surface area contributed by atoms with Crippen molar-refractivity contribution in [1.82, 2.24) is 5.32 Å². The lowest BCUT2D eigenvalue weighted by Gasteiger charge is -2.29. The molecule has 0 amide bonds. The maximum Gasteiger partial charge on any atom is 0.123 e. The van der Waals surface area contributed by atoms with Gasteiger partial charge in [0.25, 0.3) is 0 Å². The van der Waals surface area contributed by atoms with E-state index in [1.54, 1.807) is 0 Å². The second-order valence-electron chi connectivity index (χ2n) is 4.69. The third kappa shape index (κ3) is 4.22. The van der Waals surface area contributed by atoms with E-state index in [4.69, 9.17) is 4.74 Å². The summed E-state index contributed by atoms with van der Waals surface area (Å²) in [6, 6.07) is 0.460. The van der Waals surface area contributed by atoms with Crippen LogP contribution in [0.1, 0.15) is 40.0 Å². The van der Waals surface area contributed by atoms with Crippen LogP contribution in [0.15, 0.2) is 11.8 Å². The van der Waals surface area contributed by atoms with Gasteiger partial charge in [0.05, 0.1) is 6.61 Å². The highest BCUT2D eigenvalue weighted by Crippen LogP contribution is 2.25. The van der Waals surface area contributed by atoms with Gasteiger partial charge in [-0.15, -0.1) is 0 Å². The number of hydrogen-bond donors (Lipinski definition) is 2. The summed E-state index contributed by atoms with van der Waals surface area (Å²) < 4.78 is 5.48. The maximum absolute atomic E-state index is 10.2. The zero-order valence-corrected chi connectivity index (χ0v) is 10.0. The van der Waals surface area contributed by atoms with Crippen molar-refractivity contribution >= 4 is 0 Å². The largest absolute Gasteiger partial charge is 0.495 e. The Morgan fingerprint density at radius 2 is 2.33 bits per heavy atom. The van der Waals surface area contributed by atoms with E-state index in [0.717, 1.165) is 31.8 Å². The maximum atomic E-state index is 10.2. The van der Waals surface area contributed by atoms with E-state index in [-0.39, 0.29) is 0 Å². The zero-order chi connectivity index (χ0) is 11.3. The lowest BCUT2D eigenvalue weighted by atomic mass is 9.97. The summed E-state index contributed by atoms with van der Waals surface area (Å²) in [4.78, 5) is 0. The van der Waals surface area contributed by atoms with Crippen molar-refractivity contribution in [2.24, 2.45) is 0 Å². The quantitative estimate of drug-likeness (QED) is 0.732. The average molecular weight is 213 g/mol. The Kier molecular flexibility index (Phi) is 4.61. The topological polar surface area (TPSA) is 41.5 Å². The van der Waals surface area contributed by atoms with Gasteiger partial charge in [-0.2, -0.15) is 0 Å². The fourth-order valence-electron chi connectivity index (χ4n) is 1.66. The number of allylic oxidation sites excluding steroid dienone is 1. The molecular formula is C12H23NO2. The summed E-state index contributed by atoms with van der Waals surface area (Å²) in [6.45, 7) is 7.58. The van der Waals surface area contributed by atoms with E-state index in [1.165, 1.54) is 0 Å². The van der Waals surface area contributed by atoms with E-state index >= 15 is 0 Å². The number of aliphatic hydroxyl groups is 1. The Bertz CT molecular complexity index is 222. The van der Waals surface area contributed by atoms with Crippen molar-refractivity contribution in [3.8, 4) is 0 Å². The SMILES string of the molecule is CC(C)NCCC(C)(O)C1=CCCCO1. The lowest BCUT2D eigenvalue weighted by molar-refractivity contribution is 0.0120. The van der Waals surface area contributed by atoms with Crippen LogP contribution in [0.3, 0.4) is 0 Å². The Balaban J connectivity index is 2.39. The Morgan fingerprint density at radius 3 is 2.87 bits per heavy atom. The molecule has 1 unspecified atom stereocenters. The second kappa shape index (κ2) is 5.52. The molecule has 1 aliphatic rings. The highest BCUT2D eigenvalue weighted by atomic mass is 16.5. The summed E-state index contributed by atoms with van der Waals surface area (Å²) in [6.07, 6.45) is 4.78. The van der Waals surface area contributed by atoms with Crippen molar-refractivity contribution in [2.45, 2.75) is 51.7 Å². The van der Waals surface area contributed by atoms with Gasteiger partial charge in [0, 0.05) is 6.04 Å². The molecule has 1 rings (SSSR count). The highest BCUT2D eigenvalue weighted by molar-refractivity contribution is 5.09. The minimum Gasteiger partial charge on any atom is -0.495 e. The average Bonchev–Trinajstić information content (AvgIpc) is 2.18. The van der Waals surface area contributed by atoms with Crippen molar-refractivity contribution in [1.29, 1.82) is 0 Å². The van der Waals surface area contributed by atoms with E-state index in [2.05, 4.69) is 19.2 Å². The summed E-state index contributed by atoms with van der Waals surface area (Å²) >= 11 is 0. The standard InChI is InChI=1S/C12H23NO2/c1-10(2)13-8-7-12(3,14)11-6-4-5-9-15-11/h6,10,13-14H,4-5,7-9H2,1-3H3. The molecule has 1 aliphatic heterocycles. The summed E-state index contributed by atoms with van der Waals surface area (Å²) in [5.41, 5.74) is -0.817. The van der Waals surface area contributed by atoms with Crippen LogP contribution in [0, 0.1) is 0 Å². The highest BCUT2D eigenvalue weighted by Gasteiger charge is 2.28. The van der Waals surface area contributed by atoms with Crippen molar-refractivity contribution in [3.05, 3.63) is 11.8 Å². The molecule has 88 valence electrons. The van der Waals surface area contributed by atoms with Crippen LogP contribution in [0.5, 0.6) is 0 Å². The number of nitrogens with one attached hydrogen (secondary N) is 1. The molecule has 15 heavy (non-hydrogen) atoms. The van der Waals surface area contributed by atoms with Gasteiger partial charge in [-0.3, -0.25) is 0 Å². The molecule has 0 saturated carbocycles. The summed E-state index contributed by atoms with van der Waals surface area (Å²) in [7, 11) is 0. The Hall–Kier alpha value is -0.540. The first kappa shape index (κ1) is 12.5. The fourth-order valence-corrected chi connectivity index (χ4v) is 1.66. The van der Waals surface area contributed by atoms with Gasteiger partial charge < -0.3 is 15.2 Å². The van der Waals surface area contributed by atoms with Crippen LogP contribution in [0.25, 0.3) is 0 Å². The van der Waals surface area contributed by atoms with Gasteiger partial charge in [0.2, 0.25) is 0 Å². The summed E-state index contributed by atoms with van der Waals surface area (Å²) in [5, 5.41) is 13.5. The van der Waals surface area contributed by atoms with Crippen LogP contribution >= 0.6 is 0 Å². The number of rotatable bonds is 5. The minimum absolute atomic E-state index is 0.460. The molecule has 0 radical (unpaired) electrons. The molecule has 0 aromatic carbocycles. The third-order valence-corrected chi connectivity index (χ3v) is 2.63. The molecule has 3 heteroatoms. The smallest absolute Gasteiger partial charge is 0.123 e. The number of hydrogen-bond acceptors (Lipinski definition) is 3. The molecule has 1 heterocycles. The molecule has 1 atom stereocenters. The summed E-state index contributed by atoms with van der Waals surface area (Å²) in [5.74, 6) is 0.749. The molecule has 0 aromatic rings. The third-order valence-electron chi connectivity index (χ3n) is 2.63. The predicted octanol–water partition coefficient (Wildman–Crippen LogP) is 1.82. The molecule has 0 saturated heterocycles. The molecule has 0 bridgehead atoms. The lowest BCUT2D eigenvalue weighted by Crippen LogP contribution is -2.35. The second-order valence-corrected chi connectivity index (χ2v) is 4.69. The first-order valence-electron chi connectivity index (χ1n) is 5.81. The van der Waals surface area contributed by atoms with E-state index in [1.807, 2.05) is 13.0 Å². The van der Waals surface area contributed by atoms with Gasteiger partial charge in [-0.05, 0) is 38.8 Å². The molecule has 0 spiro atoms. The van der Waals surface area contributed by atoms with Gasteiger partial charge in [-0.1, -0.05) is 13.8 Å². The Labute approximate surface area is 92.5 Å². The monoisotopic (exact) mass is 213 g/mol. The first-order valence-corrected chi connectivity index (χ1v) is 5.81. The molecule has 2 N–H and O–H groups in total. The van der Waals surface area contributed by atoms with Crippen molar-refractivity contribution < 1.29 is 9.84 Å². The molecule has 0 aliphatic carbocycles. The van der Waals surface area contributed by atoms with Crippen molar-refractivity contribution in [3.63, 3.8) is 0 Å². The fraction of sp³-hybridized carbons (Fsp3) is 0.833. The number of ether oxygens (including phenoxy) is 1. The normalized spacial score (nSPS) is 20.7. The molecule has 0 aromatic heterocycles. The molecule has 3 nitrogen and oxygen atoms in total. The van der Waals surface area contributed by atoms with Crippen LogP contribution in [-0.2, 0) is 4.74 Å². The van der Waals surface area contributed by atoms with Crippen LogP contribution in [0.2, 0.25) is 0 Å². The first-order chi connectivity index (χ1) is 7.02. The van der Waals surface area contributed by atoms with E-state index in [9.17, 15) is 5.11 Å².